The molecule has 6 nitrogen and oxygen atoms in total. The Morgan fingerprint density at radius 3 is 2.66 bits per heavy atom. The molecule has 1 fully saturated rings. The zero-order valence-corrected chi connectivity index (χ0v) is 16.7. The smallest absolute Gasteiger partial charge is 0.227 e. The summed E-state index contributed by atoms with van der Waals surface area (Å²) in [7, 11) is 3.25. The fourth-order valence-electron chi connectivity index (χ4n) is 3.92. The summed E-state index contributed by atoms with van der Waals surface area (Å²) in [5.74, 6) is 1.50. The average Bonchev–Trinajstić information content (AvgIpc) is 3.43. The Labute approximate surface area is 170 Å². The van der Waals surface area contributed by atoms with Crippen LogP contribution in [0.15, 0.2) is 60.9 Å². The zero-order valence-electron chi connectivity index (χ0n) is 16.7. The number of benzene rings is 2. The Morgan fingerprint density at radius 2 is 1.90 bits per heavy atom. The topological polar surface area (TPSA) is 56.6 Å². The summed E-state index contributed by atoms with van der Waals surface area (Å²) >= 11 is 0. The SMILES string of the molecule is COc1ccc(C2CCCN2C(=O)Cc2cnn(-c3ccccc3)c2)cc1OC. The third kappa shape index (κ3) is 3.97. The van der Waals surface area contributed by atoms with E-state index >= 15 is 0 Å². The van der Waals surface area contributed by atoms with Gasteiger partial charge in [0.25, 0.3) is 0 Å². The van der Waals surface area contributed by atoms with Crippen molar-refractivity contribution in [1.82, 2.24) is 14.7 Å². The summed E-state index contributed by atoms with van der Waals surface area (Å²) < 4.78 is 12.6. The number of hydrogen-bond acceptors (Lipinski definition) is 4. The van der Waals surface area contributed by atoms with Gasteiger partial charge in [0.05, 0.1) is 38.6 Å². The maximum atomic E-state index is 13.1. The Kier molecular flexibility index (Phi) is 5.51. The highest BCUT2D eigenvalue weighted by atomic mass is 16.5. The van der Waals surface area contributed by atoms with Gasteiger partial charge in [-0.2, -0.15) is 5.10 Å². The summed E-state index contributed by atoms with van der Waals surface area (Å²) in [5.41, 5.74) is 2.97. The van der Waals surface area contributed by atoms with Gasteiger partial charge in [0, 0.05) is 12.7 Å². The molecule has 6 heteroatoms. The van der Waals surface area contributed by atoms with Crippen LogP contribution in [0.2, 0.25) is 0 Å². The number of likely N-dealkylation sites (tertiary alicyclic amines) is 1. The van der Waals surface area contributed by atoms with Crippen molar-refractivity contribution in [3.63, 3.8) is 0 Å². The van der Waals surface area contributed by atoms with Gasteiger partial charge >= 0.3 is 0 Å². The highest BCUT2D eigenvalue weighted by molar-refractivity contribution is 5.79. The van der Waals surface area contributed by atoms with E-state index < -0.39 is 0 Å². The standard InChI is InChI=1S/C23H25N3O3/c1-28-21-11-10-18(14-22(21)29-2)20-9-6-12-25(20)23(27)13-17-15-24-26(16-17)19-7-4-3-5-8-19/h3-5,7-8,10-11,14-16,20H,6,9,12-13H2,1-2H3. The highest BCUT2D eigenvalue weighted by Gasteiger charge is 2.30. The van der Waals surface area contributed by atoms with Crippen molar-refractivity contribution in [2.24, 2.45) is 0 Å². The molecule has 2 heterocycles. The van der Waals surface area contributed by atoms with Crippen LogP contribution in [-0.4, -0.2) is 41.4 Å². The molecule has 1 aliphatic heterocycles. The molecule has 1 saturated heterocycles. The molecule has 0 aliphatic carbocycles. The van der Waals surface area contributed by atoms with Crippen LogP contribution in [0.5, 0.6) is 11.5 Å². The van der Waals surface area contributed by atoms with Crippen LogP contribution >= 0.6 is 0 Å². The van der Waals surface area contributed by atoms with Gasteiger partial charge in [-0.15, -0.1) is 0 Å². The second-order valence-electron chi connectivity index (χ2n) is 7.17. The van der Waals surface area contributed by atoms with Gasteiger partial charge in [-0.05, 0) is 48.2 Å². The third-order valence-electron chi connectivity index (χ3n) is 5.38. The van der Waals surface area contributed by atoms with Gasteiger partial charge in [0.2, 0.25) is 5.91 Å². The molecule has 0 bridgehead atoms. The van der Waals surface area contributed by atoms with Crippen LogP contribution in [0.1, 0.15) is 30.0 Å². The monoisotopic (exact) mass is 391 g/mol. The zero-order chi connectivity index (χ0) is 20.2. The Bertz CT molecular complexity index is 984. The lowest BCUT2D eigenvalue weighted by atomic mass is 10.0. The van der Waals surface area contributed by atoms with Crippen molar-refractivity contribution in [3.05, 3.63) is 72.1 Å². The van der Waals surface area contributed by atoms with E-state index in [1.165, 1.54) is 0 Å². The first-order valence-corrected chi connectivity index (χ1v) is 9.80. The van der Waals surface area contributed by atoms with Crippen molar-refractivity contribution in [2.75, 3.05) is 20.8 Å². The number of methoxy groups -OCH3 is 2. The second kappa shape index (κ2) is 8.39. The largest absolute Gasteiger partial charge is 0.493 e. The second-order valence-corrected chi connectivity index (χ2v) is 7.17. The number of carbonyl (C=O) groups excluding carboxylic acids is 1. The number of ether oxygens (including phenoxy) is 2. The predicted octanol–water partition coefficient (Wildman–Crippen LogP) is 3.80. The minimum atomic E-state index is 0.0616. The minimum Gasteiger partial charge on any atom is -0.493 e. The minimum absolute atomic E-state index is 0.0616. The number of para-hydroxylation sites is 1. The lowest BCUT2D eigenvalue weighted by Crippen LogP contribution is -2.31. The number of carbonyl (C=O) groups is 1. The maximum Gasteiger partial charge on any atom is 0.227 e. The van der Waals surface area contributed by atoms with Gasteiger partial charge in [-0.1, -0.05) is 24.3 Å². The van der Waals surface area contributed by atoms with Gasteiger partial charge < -0.3 is 14.4 Å². The molecule has 1 unspecified atom stereocenters. The molecule has 150 valence electrons. The van der Waals surface area contributed by atoms with Crippen molar-refractivity contribution in [1.29, 1.82) is 0 Å². The molecule has 0 radical (unpaired) electrons. The van der Waals surface area contributed by atoms with Crippen molar-refractivity contribution < 1.29 is 14.3 Å². The van der Waals surface area contributed by atoms with E-state index in [0.29, 0.717) is 17.9 Å². The average molecular weight is 391 g/mol. The van der Waals surface area contributed by atoms with Crippen LogP contribution in [0.4, 0.5) is 0 Å². The first kappa shape index (κ1) is 19.1. The molecule has 1 aliphatic rings. The van der Waals surface area contributed by atoms with Crippen LogP contribution < -0.4 is 9.47 Å². The lowest BCUT2D eigenvalue weighted by Gasteiger charge is -2.25. The molecule has 1 atom stereocenters. The Hall–Kier alpha value is -3.28. The van der Waals surface area contributed by atoms with E-state index in [0.717, 1.165) is 36.2 Å². The number of nitrogens with zero attached hydrogens (tertiary/aromatic N) is 3. The first-order valence-electron chi connectivity index (χ1n) is 9.80. The number of hydrogen-bond donors (Lipinski definition) is 0. The summed E-state index contributed by atoms with van der Waals surface area (Å²) in [6.07, 6.45) is 5.98. The lowest BCUT2D eigenvalue weighted by molar-refractivity contribution is -0.131. The van der Waals surface area contributed by atoms with Gasteiger partial charge in [-0.25, -0.2) is 4.68 Å². The van der Waals surface area contributed by atoms with Gasteiger partial charge in [0.15, 0.2) is 11.5 Å². The summed E-state index contributed by atoms with van der Waals surface area (Å²) in [6, 6.07) is 15.9. The summed E-state index contributed by atoms with van der Waals surface area (Å²) in [4.78, 5) is 15.0. The molecule has 0 spiro atoms. The van der Waals surface area contributed by atoms with E-state index in [2.05, 4.69) is 5.10 Å². The fourth-order valence-corrected chi connectivity index (χ4v) is 3.92. The number of aromatic nitrogens is 2. The molecule has 0 N–H and O–H groups in total. The molecule has 1 aromatic heterocycles. The Morgan fingerprint density at radius 1 is 1.10 bits per heavy atom. The fraction of sp³-hybridized carbons (Fsp3) is 0.304. The Balaban J connectivity index is 1.49. The van der Waals surface area contributed by atoms with E-state index in [9.17, 15) is 4.79 Å². The van der Waals surface area contributed by atoms with Crippen LogP contribution in [0.25, 0.3) is 5.69 Å². The van der Waals surface area contributed by atoms with E-state index in [1.54, 1.807) is 25.1 Å². The van der Waals surface area contributed by atoms with Gasteiger partial charge in [0.1, 0.15) is 0 Å². The normalized spacial score (nSPS) is 16.1. The number of amides is 1. The molecular weight excluding hydrogens is 366 g/mol. The summed E-state index contributed by atoms with van der Waals surface area (Å²) in [6.45, 7) is 0.769. The maximum absolute atomic E-state index is 13.1. The molecule has 1 amide bonds. The highest BCUT2D eigenvalue weighted by Crippen LogP contribution is 2.37. The molecular formula is C23H25N3O3. The predicted molar refractivity (Wildman–Crippen MR) is 111 cm³/mol. The molecule has 29 heavy (non-hydrogen) atoms. The van der Waals surface area contributed by atoms with Crippen LogP contribution in [0.3, 0.4) is 0 Å². The van der Waals surface area contributed by atoms with Crippen LogP contribution in [0, 0.1) is 0 Å². The quantitative estimate of drug-likeness (QED) is 0.641. The third-order valence-corrected chi connectivity index (χ3v) is 5.38. The molecule has 2 aromatic carbocycles. The van der Waals surface area contributed by atoms with E-state index in [1.807, 2.05) is 59.6 Å². The van der Waals surface area contributed by atoms with E-state index in [4.69, 9.17) is 9.47 Å². The van der Waals surface area contributed by atoms with Crippen molar-refractivity contribution in [3.8, 4) is 17.2 Å². The van der Waals surface area contributed by atoms with E-state index in [-0.39, 0.29) is 11.9 Å². The summed E-state index contributed by atoms with van der Waals surface area (Å²) in [5, 5.41) is 4.40. The molecule has 3 aromatic rings. The van der Waals surface area contributed by atoms with Crippen LogP contribution in [-0.2, 0) is 11.2 Å². The number of rotatable bonds is 6. The van der Waals surface area contributed by atoms with Gasteiger partial charge in [-0.3, -0.25) is 4.79 Å². The molecule has 0 saturated carbocycles. The molecule has 4 rings (SSSR count). The first-order chi connectivity index (χ1) is 14.2. The van der Waals surface area contributed by atoms with Crippen molar-refractivity contribution in [2.45, 2.75) is 25.3 Å². The van der Waals surface area contributed by atoms with Crippen molar-refractivity contribution >= 4 is 5.91 Å².